The molecule has 2 N–H and O–H groups in total. The third-order valence-corrected chi connectivity index (χ3v) is 6.08. The summed E-state index contributed by atoms with van der Waals surface area (Å²) in [4.78, 5) is 36.4. The quantitative estimate of drug-likeness (QED) is 0.677. The molecular weight excluding hydrogens is 391 g/mol. The van der Waals surface area contributed by atoms with Crippen LogP contribution in [0.3, 0.4) is 0 Å². The summed E-state index contributed by atoms with van der Waals surface area (Å²) < 4.78 is 16.9. The van der Waals surface area contributed by atoms with Crippen LogP contribution in [-0.2, 0) is 27.1 Å². The van der Waals surface area contributed by atoms with Crippen LogP contribution in [0.25, 0.3) is 0 Å². The molecule has 154 valence electrons. The maximum Gasteiger partial charge on any atom is 0.408 e. The zero-order valence-electron chi connectivity index (χ0n) is 16.0. The molecule has 3 atom stereocenters. The van der Waals surface area contributed by atoms with Crippen LogP contribution < -0.4 is 5.32 Å². The van der Waals surface area contributed by atoms with Crippen molar-refractivity contribution < 1.29 is 23.8 Å². The number of carbonyl (C=O) groups is 2. The van der Waals surface area contributed by atoms with Gasteiger partial charge >= 0.3 is 6.09 Å². The number of likely N-dealkylation sites (tertiary alicyclic amines) is 1. The van der Waals surface area contributed by atoms with Crippen molar-refractivity contribution in [1.29, 1.82) is 0 Å². The predicted molar refractivity (Wildman–Crippen MR) is 110 cm³/mol. The molecule has 29 heavy (non-hydrogen) atoms. The zero-order valence-corrected chi connectivity index (χ0v) is 17.0. The molecule has 1 aliphatic heterocycles. The number of hydrogen-bond acceptors (Lipinski definition) is 4. The van der Waals surface area contributed by atoms with Gasteiger partial charge in [0.2, 0.25) is 13.9 Å². The second kappa shape index (κ2) is 10.2. The van der Waals surface area contributed by atoms with Crippen molar-refractivity contribution in [3.63, 3.8) is 0 Å². The van der Waals surface area contributed by atoms with Crippen LogP contribution in [0.4, 0.5) is 4.79 Å². The molecule has 0 bridgehead atoms. The Morgan fingerprint density at radius 3 is 2.34 bits per heavy atom. The van der Waals surface area contributed by atoms with Crippen molar-refractivity contribution in [1.82, 2.24) is 10.2 Å². The number of rotatable bonds is 7. The Bertz CT molecular complexity index is 847. The lowest BCUT2D eigenvalue weighted by Gasteiger charge is -2.28. The molecule has 7 nitrogen and oxygen atoms in total. The van der Waals surface area contributed by atoms with Crippen molar-refractivity contribution in [3.05, 3.63) is 71.8 Å². The third kappa shape index (κ3) is 5.92. The SMILES string of the molecule is O=C(N[C@@H](Cc1ccccc1)C(=O)N1CCCC1[PH](=O)O)OCc1ccccc1. The average molecular weight is 416 g/mol. The molecule has 0 radical (unpaired) electrons. The van der Waals surface area contributed by atoms with Crippen LogP contribution in [0.15, 0.2) is 60.7 Å². The minimum Gasteiger partial charge on any atom is -0.445 e. The molecule has 2 unspecified atom stereocenters. The van der Waals surface area contributed by atoms with Crippen LogP contribution >= 0.6 is 8.03 Å². The highest BCUT2D eigenvalue weighted by Crippen LogP contribution is 2.35. The number of ether oxygens (including phenoxy) is 1. The number of amides is 2. The van der Waals surface area contributed by atoms with Crippen molar-refractivity contribution in [3.8, 4) is 0 Å². The molecule has 1 aliphatic rings. The van der Waals surface area contributed by atoms with E-state index in [4.69, 9.17) is 4.74 Å². The van der Waals surface area contributed by atoms with Gasteiger partial charge in [0, 0.05) is 13.0 Å². The highest BCUT2D eigenvalue weighted by molar-refractivity contribution is 7.38. The normalized spacial score (nSPS) is 18.1. The summed E-state index contributed by atoms with van der Waals surface area (Å²) in [7, 11) is -2.87. The van der Waals surface area contributed by atoms with Gasteiger partial charge in [-0.05, 0) is 24.0 Å². The molecule has 2 aromatic carbocycles. The Kier molecular flexibility index (Phi) is 7.44. The Morgan fingerprint density at radius 1 is 1.10 bits per heavy atom. The maximum absolute atomic E-state index is 13.1. The van der Waals surface area contributed by atoms with Gasteiger partial charge in [-0.2, -0.15) is 0 Å². The first kappa shape index (κ1) is 21.1. The molecule has 0 saturated carbocycles. The van der Waals surface area contributed by atoms with E-state index in [0.29, 0.717) is 19.4 Å². The van der Waals surface area contributed by atoms with E-state index in [1.54, 1.807) is 0 Å². The van der Waals surface area contributed by atoms with Gasteiger partial charge in [-0.25, -0.2) is 4.79 Å². The number of carbonyl (C=O) groups excluding carboxylic acids is 2. The van der Waals surface area contributed by atoms with Gasteiger partial charge in [0.15, 0.2) is 0 Å². The number of hydrogen-bond donors (Lipinski definition) is 2. The van der Waals surface area contributed by atoms with E-state index < -0.39 is 25.9 Å². The summed E-state index contributed by atoms with van der Waals surface area (Å²) in [5, 5.41) is 2.65. The van der Waals surface area contributed by atoms with Gasteiger partial charge in [-0.15, -0.1) is 0 Å². The molecule has 0 spiro atoms. The number of alkyl carbamates (subject to hydrolysis) is 1. The molecular formula is C21H25N2O5P. The van der Waals surface area contributed by atoms with Crippen LogP contribution in [0.1, 0.15) is 24.0 Å². The monoisotopic (exact) mass is 416 g/mol. The highest BCUT2D eigenvalue weighted by atomic mass is 31.1. The fourth-order valence-electron chi connectivity index (χ4n) is 3.44. The number of nitrogens with zero attached hydrogens (tertiary/aromatic N) is 1. The van der Waals surface area contributed by atoms with E-state index in [2.05, 4.69) is 5.32 Å². The Labute approximate surface area is 170 Å². The zero-order chi connectivity index (χ0) is 20.6. The van der Waals surface area contributed by atoms with Gasteiger partial charge in [0.05, 0.1) is 0 Å². The van der Waals surface area contributed by atoms with E-state index in [1.165, 1.54) is 4.90 Å². The van der Waals surface area contributed by atoms with E-state index in [0.717, 1.165) is 11.1 Å². The van der Waals surface area contributed by atoms with Gasteiger partial charge in [-0.3, -0.25) is 9.36 Å². The fraction of sp³-hybridized carbons (Fsp3) is 0.333. The first-order valence-electron chi connectivity index (χ1n) is 9.59. The maximum atomic E-state index is 13.1. The first-order valence-corrected chi connectivity index (χ1v) is 11.0. The summed E-state index contributed by atoms with van der Waals surface area (Å²) in [5.41, 5.74) is 1.72. The second-order valence-electron chi connectivity index (χ2n) is 6.98. The van der Waals surface area contributed by atoms with Crippen LogP contribution in [0.5, 0.6) is 0 Å². The summed E-state index contributed by atoms with van der Waals surface area (Å²) in [6.45, 7) is 0.502. The molecule has 2 aromatic rings. The molecule has 3 rings (SSSR count). The molecule has 1 saturated heterocycles. The van der Waals surface area contributed by atoms with Gasteiger partial charge in [0.1, 0.15) is 18.4 Å². The molecule has 1 heterocycles. The standard InChI is InChI=1S/C21H25N2O5P/c24-20(23-13-7-12-19(23)29(26)27)18(14-16-8-3-1-4-9-16)22-21(25)28-15-17-10-5-2-6-11-17/h1-6,8-11,18-19,29H,7,12-15H2,(H,22,25)(H,26,27)/t18-,19?/m0/s1. The minimum atomic E-state index is -2.87. The molecule has 0 aliphatic carbocycles. The van der Waals surface area contributed by atoms with Crippen molar-refractivity contribution in [2.75, 3.05) is 6.54 Å². The van der Waals surface area contributed by atoms with Crippen molar-refractivity contribution in [2.24, 2.45) is 0 Å². The largest absolute Gasteiger partial charge is 0.445 e. The lowest BCUT2D eigenvalue weighted by Crippen LogP contribution is -2.50. The molecule has 1 fully saturated rings. The summed E-state index contributed by atoms with van der Waals surface area (Å²) in [6.07, 6.45) is 0.742. The molecule has 8 heteroatoms. The summed E-state index contributed by atoms with van der Waals surface area (Å²) in [6, 6.07) is 17.7. The van der Waals surface area contributed by atoms with Crippen molar-refractivity contribution >= 4 is 20.0 Å². The topological polar surface area (TPSA) is 95.9 Å². The Hall–Kier alpha value is -2.63. The molecule has 2 amide bonds. The smallest absolute Gasteiger partial charge is 0.408 e. The van der Waals surface area contributed by atoms with Crippen LogP contribution in [-0.4, -0.2) is 40.2 Å². The highest BCUT2D eigenvalue weighted by Gasteiger charge is 2.36. The van der Waals surface area contributed by atoms with E-state index >= 15 is 0 Å². The number of benzene rings is 2. The lowest BCUT2D eigenvalue weighted by molar-refractivity contribution is -0.133. The number of nitrogens with one attached hydrogen (secondary N) is 1. The van der Waals surface area contributed by atoms with E-state index in [1.807, 2.05) is 60.7 Å². The fourth-order valence-corrected chi connectivity index (χ4v) is 4.42. The van der Waals surface area contributed by atoms with Gasteiger partial charge in [-0.1, -0.05) is 60.7 Å². The first-order chi connectivity index (χ1) is 14.0. The summed E-state index contributed by atoms with van der Waals surface area (Å²) >= 11 is 0. The van der Waals surface area contributed by atoms with Gasteiger partial charge < -0.3 is 19.8 Å². The average Bonchev–Trinajstić information content (AvgIpc) is 3.23. The lowest BCUT2D eigenvalue weighted by atomic mass is 10.1. The van der Waals surface area contributed by atoms with E-state index in [9.17, 15) is 19.0 Å². The minimum absolute atomic E-state index is 0.0929. The van der Waals surface area contributed by atoms with Crippen LogP contribution in [0, 0.1) is 0 Å². The predicted octanol–water partition coefficient (Wildman–Crippen LogP) is 2.94. The summed E-state index contributed by atoms with van der Waals surface area (Å²) in [5.74, 6) is -1.03. The Balaban J connectivity index is 1.69. The second-order valence-corrected chi connectivity index (χ2v) is 8.32. The van der Waals surface area contributed by atoms with Gasteiger partial charge in [0.25, 0.3) is 0 Å². The molecule has 0 aromatic heterocycles. The third-order valence-electron chi connectivity index (χ3n) is 4.91. The van der Waals surface area contributed by atoms with Crippen LogP contribution in [0.2, 0.25) is 0 Å². The van der Waals surface area contributed by atoms with E-state index in [-0.39, 0.29) is 18.9 Å². The van der Waals surface area contributed by atoms with Crippen molar-refractivity contribution in [2.45, 2.75) is 37.7 Å². The Morgan fingerprint density at radius 2 is 1.72 bits per heavy atom.